The van der Waals surface area contributed by atoms with Crippen LogP contribution in [0.2, 0.25) is 0 Å². The molecule has 1 saturated heterocycles. The van der Waals surface area contributed by atoms with Gasteiger partial charge in [-0.2, -0.15) is 4.31 Å². The number of sulfonamides is 1. The van der Waals surface area contributed by atoms with Gasteiger partial charge in [0.1, 0.15) is 5.69 Å². The maximum Gasteiger partial charge on any atom is 0.293 e. The van der Waals surface area contributed by atoms with Crippen LogP contribution in [0.3, 0.4) is 0 Å². The minimum Gasteiger partial charge on any atom is -0.371 e. The van der Waals surface area contributed by atoms with E-state index in [9.17, 15) is 23.3 Å². The first-order valence-corrected chi connectivity index (χ1v) is 10.7. The first kappa shape index (κ1) is 22.1. The molecule has 2 N–H and O–H groups in total. The number of anilines is 1. The Balaban J connectivity index is 2.20. The third-order valence-electron chi connectivity index (χ3n) is 4.50. The van der Waals surface area contributed by atoms with Crippen molar-refractivity contribution in [1.82, 2.24) is 9.62 Å². The Morgan fingerprint density at radius 3 is 2.43 bits per heavy atom. The number of hydrogen-bond donors (Lipinski definition) is 2. The van der Waals surface area contributed by atoms with Crippen LogP contribution in [0.4, 0.5) is 11.4 Å². The van der Waals surface area contributed by atoms with Crippen molar-refractivity contribution >= 4 is 27.3 Å². The Kier molecular flexibility index (Phi) is 6.66. The molecule has 0 bridgehead atoms. The average molecular weight is 413 g/mol. The smallest absolute Gasteiger partial charge is 0.293 e. The molecular formula is C18H28N4O5S. The molecule has 0 aliphatic carbocycles. The summed E-state index contributed by atoms with van der Waals surface area (Å²) in [5, 5.41) is 16.9. The van der Waals surface area contributed by atoms with Gasteiger partial charge in [-0.1, -0.05) is 6.92 Å². The van der Waals surface area contributed by atoms with E-state index < -0.39 is 20.5 Å². The average Bonchev–Trinajstić information content (AvgIpc) is 2.58. The normalized spacial score (nSPS) is 16.6. The van der Waals surface area contributed by atoms with E-state index in [1.54, 1.807) is 0 Å². The SMILES string of the molecule is CC1CCN(S(=O)(=O)c2ccc(NCC(=O)NC(C)(C)C)c([N+](=O)[O-])c2)CC1. The molecule has 1 amide bonds. The van der Waals surface area contributed by atoms with E-state index in [2.05, 4.69) is 17.6 Å². The molecule has 156 valence electrons. The van der Waals surface area contributed by atoms with Crippen LogP contribution < -0.4 is 10.6 Å². The second-order valence-electron chi connectivity index (χ2n) is 8.17. The molecular weight excluding hydrogens is 384 g/mol. The molecule has 0 unspecified atom stereocenters. The van der Waals surface area contributed by atoms with Crippen LogP contribution in [0.25, 0.3) is 0 Å². The Morgan fingerprint density at radius 1 is 1.29 bits per heavy atom. The Hall–Kier alpha value is -2.20. The van der Waals surface area contributed by atoms with Gasteiger partial charge in [-0.05, 0) is 51.7 Å². The Labute approximate surface area is 165 Å². The first-order valence-electron chi connectivity index (χ1n) is 9.23. The lowest BCUT2D eigenvalue weighted by molar-refractivity contribution is -0.384. The summed E-state index contributed by atoms with van der Waals surface area (Å²) in [6, 6.07) is 3.73. The number of carbonyl (C=O) groups is 1. The van der Waals surface area contributed by atoms with Gasteiger partial charge in [-0.15, -0.1) is 0 Å². The number of rotatable bonds is 6. The molecule has 2 rings (SSSR count). The van der Waals surface area contributed by atoms with Crippen LogP contribution in [0.5, 0.6) is 0 Å². The number of carbonyl (C=O) groups excluding carboxylic acids is 1. The van der Waals surface area contributed by atoms with Crippen molar-refractivity contribution in [3.05, 3.63) is 28.3 Å². The quantitative estimate of drug-likeness (QED) is 0.546. The van der Waals surface area contributed by atoms with Crippen LogP contribution in [0.15, 0.2) is 23.1 Å². The van der Waals surface area contributed by atoms with Gasteiger partial charge in [0.05, 0.1) is 16.4 Å². The van der Waals surface area contributed by atoms with Gasteiger partial charge in [0.25, 0.3) is 5.69 Å². The van der Waals surface area contributed by atoms with Crippen LogP contribution in [0, 0.1) is 16.0 Å². The van der Waals surface area contributed by atoms with Gasteiger partial charge in [-0.25, -0.2) is 8.42 Å². The molecule has 0 aromatic heterocycles. The van der Waals surface area contributed by atoms with Gasteiger partial charge < -0.3 is 10.6 Å². The lowest BCUT2D eigenvalue weighted by atomic mass is 10.0. The highest BCUT2D eigenvalue weighted by Crippen LogP contribution is 2.30. The largest absolute Gasteiger partial charge is 0.371 e. The second kappa shape index (κ2) is 8.44. The third-order valence-corrected chi connectivity index (χ3v) is 6.39. The van der Waals surface area contributed by atoms with Crippen LogP contribution in [-0.2, 0) is 14.8 Å². The molecule has 1 heterocycles. The summed E-state index contributed by atoms with van der Waals surface area (Å²) in [5.41, 5.74) is -0.704. The van der Waals surface area contributed by atoms with E-state index >= 15 is 0 Å². The number of hydrogen-bond acceptors (Lipinski definition) is 6. The summed E-state index contributed by atoms with van der Waals surface area (Å²) in [5.74, 6) is 0.146. The fourth-order valence-electron chi connectivity index (χ4n) is 2.98. The van der Waals surface area contributed by atoms with Crippen LogP contribution in [-0.4, -0.2) is 48.7 Å². The van der Waals surface area contributed by atoms with Crippen molar-refractivity contribution in [3.63, 3.8) is 0 Å². The van der Waals surface area contributed by atoms with Crippen molar-refractivity contribution < 1.29 is 18.1 Å². The minimum absolute atomic E-state index is 0.0975. The fraction of sp³-hybridized carbons (Fsp3) is 0.611. The Bertz CT molecular complexity index is 840. The van der Waals surface area contributed by atoms with Gasteiger partial charge in [0, 0.05) is 24.7 Å². The minimum atomic E-state index is -3.79. The molecule has 10 heteroatoms. The summed E-state index contributed by atoms with van der Waals surface area (Å²) in [7, 11) is -3.79. The molecule has 1 aliphatic rings. The molecule has 0 radical (unpaired) electrons. The van der Waals surface area contributed by atoms with Crippen LogP contribution >= 0.6 is 0 Å². The monoisotopic (exact) mass is 412 g/mol. The topological polar surface area (TPSA) is 122 Å². The van der Waals surface area contributed by atoms with Crippen molar-refractivity contribution in [3.8, 4) is 0 Å². The summed E-state index contributed by atoms with van der Waals surface area (Å²) < 4.78 is 27.0. The predicted octanol–water partition coefficient (Wildman–Crippen LogP) is 2.34. The number of nitrogens with one attached hydrogen (secondary N) is 2. The van der Waals surface area contributed by atoms with Gasteiger partial charge in [0.15, 0.2) is 0 Å². The maximum absolute atomic E-state index is 12.8. The molecule has 0 spiro atoms. The molecule has 0 atom stereocenters. The van der Waals surface area contributed by atoms with Crippen molar-refractivity contribution in [2.24, 2.45) is 5.92 Å². The number of benzene rings is 1. The van der Waals surface area contributed by atoms with E-state index in [1.807, 2.05) is 20.8 Å². The molecule has 0 saturated carbocycles. The predicted molar refractivity (Wildman–Crippen MR) is 107 cm³/mol. The molecule has 1 aromatic rings. The van der Waals surface area contributed by atoms with E-state index in [0.29, 0.717) is 19.0 Å². The number of nitro benzene ring substituents is 1. The lowest BCUT2D eigenvalue weighted by Gasteiger charge is -2.29. The zero-order valence-electron chi connectivity index (χ0n) is 16.7. The van der Waals surface area contributed by atoms with Crippen molar-refractivity contribution in [2.45, 2.75) is 51.0 Å². The zero-order chi connectivity index (χ0) is 21.1. The Morgan fingerprint density at radius 2 is 1.89 bits per heavy atom. The summed E-state index contributed by atoms with van der Waals surface area (Å²) in [4.78, 5) is 22.6. The van der Waals surface area contributed by atoms with Gasteiger partial charge in [0.2, 0.25) is 15.9 Å². The van der Waals surface area contributed by atoms with E-state index in [0.717, 1.165) is 18.9 Å². The number of piperidine rings is 1. The molecule has 28 heavy (non-hydrogen) atoms. The third kappa shape index (κ3) is 5.65. The maximum atomic E-state index is 12.8. The highest BCUT2D eigenvalue weighted by atomic mass is 32.2. The molecule has 1 aromatic carbocycles. The lowest BCUT2D eigenvalue weighted by Crippen LogP contribution is -2.43. The van der Waals surface area contributed by atoms with Gasteiger partial charge in [-0.3, -0.25) is 14.9 Å². The second-order valence-corrected chi connectivity index (χ2v) is 10.1. The standard InChI is InChI=1S/C18H28N4O5S/c1-13-7-9-21(10-8-13)28(26,27)14-5-6-15(16(11-14)22(24)25)19-12-17(23)20-18(2,3)4/h5-6,11,13,19H,7-10,12H2,1-4H3,(H,20,23). The molecule has 1 aliphatic heterocycles. The highest BCUT2D eigenvalue weighted by Gasteiger charge is 2.30. The van der Waals surface area contributed by atoms with E-state index in [4.69, 9.17) is 0 Å². The summed E-state index contributed by atoms with van der Waals surface area (Å²) in [6.45, 7) is 8.21. The van der Waals surface area contributed by atoms with Crippen LogP contribution in [0.1, 0.15) is 40.5 Å². The highest BCUT2D eigenvalue weighted by molar-refractivity contribution is 7.89. The molecule has 1 fully saturated rings. The van der Waals surface area contributed by atoms with E-state index in [-0.39, 0.29) is 28.7 Å². The number of amides is 1. The number of nitro groups is 1. The van der Waals surface area contributed by atoms with Crippen molar-refractivity contribution in [2.75, 3.05) is 25.0 Å². The van der Waals surface area contributed by atoms with Gasteiger partial charge >= 0.3 is 0 Å². The van der Waals surface area contributed by atoms with E-state index in [1.165, 1.54) is 16.4 Å². The molecule has 9 nitrogen and oxygen atoms in total. The zero-order valence-corrected chi connectivity index (χ0v) is 17.5. The summed E-state index contributed by atoms with van der Waals surface area (Å²) in [6.07, 6.45) is 1.54. The van der Waals surface area contributed by atoms with Crippen molar-refractivity contribution in [1.29, 1.82) is 0 Å². The number of nitrogens with zero attached hydrogens (tertiary/aromatic N) is 2. The summed E-state index contributed by atoms with van der Waals surface area (Å²) >= 11 is 0. The fourth-order valence-corrected chi connectivity index (χ4v) is 4.47. The first-order chi connectivity index (χ1) is 12.9.